The van der Waals surface area contributed by atoms with Gasteiger partial charge in [0.05, 0.1) is 0 Å². The topological polar surface area (TPSA) is 41.6 Å². The maximum Gasteiger partial charge on any atom is 0.410 e. The minimum Gasteiger partial charge on any atom is -0.444 e. The highest BCUT2D eigenvalue weighted by Crippen LogP contribution is 2.49. The summed E-state index contributed by atoms with van der Waals surface area (Å²) in [6.07, 6.45) is 7.53. The molecular formula is C19H36N2O2. The zero-order valence-electron chi connectivity index (χ0n) is 15.8. The molecule has 4 nitrogen and oxygen atoms in total. The molecule has 2 aliphatic rings. The van der Waals surface area contributed by atoms with E-state index >= 15 is 0 Å². The van der Waals surface area contributed by atoms with Crippen LogP contribution in [0.15, 0.2) is 0 Å². The Morgan fingerprint density at radius 3 is 2.65 bits per heavy atom. The molecule has 2 unspecified atom stereocenters. The molecule has 1 N–H and O–H groups in total. The van der Waals surface area contributed by atoms with Gasteiger partial charge in [-0.25, -0.2) is 4.79 Å². The Labute approximate surface area is 142 Å². The first-order valence-electron chi connectivity index (χ1n) is 9.46. The molecule has 2 rings (SSSR count). The van der Waals surface area contributed by atoms with Crippen LogP contribution in [0.2, 0.25) is 0 Å². The van der Waals surface area contributed by atoms with Crippen LogP contribution in [0, 0.1) is 11.3 Å². The Morgan fingerprint density at radius 2 is 2.09 bits per heavy atom. The summed E-state index contributed by atoms with van der Waals surface area (Å²) in [7, 11) is 0. The molecule has 0 radical (unpaired) electrons. The van der Waals surface area contributed by atoms with Crippen LogP contribution in [0.1, 0.15) is 73.1 Å². The van der Waals surface area contributed by atoms with E-state index in [0.29, 0.717) is 17.4 Å². The first-order chi connectivity index (χ1) is 10.7. The smallest absolute Gasteiger partial charge is 0.410 e. The third-order valence-electron chi connectivity index (χ3n) is 5.35. The second-order valence-electron chi connectivity index (χ2n) is 8.75. The van der Waals surface area contributed by atoms with E-state index in [9.17, 15) is 4.79 Å². The minimum atomic E-state index is -0.410. The predicted octanol–water partition coefficient (Wildman–Crippen LogP) is 4.19. The highest BCUT2D eigenvalue weighted by Gasteiger charge is 2.41. The van der Waals surface area contributed by atoms with Gasteiger partial charge in [0.1, 0.15) is 5.60 Å². The van der Waals surface area contributed by atoms with Gasteiger partial charge in [-0.15, -0.1) is 0 Å². The van der Waals surface area contributed by atoms with E-state index in [-0.39, 0.29) is 6.09 Å². The lowest BCUT2D eigenvalue weighted by atomic mass is 9.91. The largest absolute Gasteiger partial charge is 0.444 e. The molecular weight excluding hydrogens is 288 g/mol. The Kier molecular flexibility index (Phi) is 5.99. The molecule has 1 amide bonds. The Bertz CT molecular complexity index is 399. The number of ether oxygens (including phenoxy) is 1. The molecule has 23 heavy (non-hydrogen) atoms. The first kappa shape index (κ1) is 18.6. The standard InChI is InChI=1S/C19H36N2O2/c1-6-9-19(10-11-19)14-20-15(2)16-8-7-12-21(13-16)17(22)23-18(3,4)5/h15-16,20H,6-14H2,1-5H3. The normalized spacial score (nSPS) is 25.1. The second-order valence-corrected chi connectivity index (χ2v) is 8.75. The molecule has 1 heterocycles. The van der Waals surface area contributed by atoms with Crippen molar-refractivity contribution in [2.24, 2.45) is 11.3 Å². The van der Waals surface area contributed by atoms with Crippen molar-refractivity contribution in [3.63, 3.8) is 0 Å². The zero-order chi connectivity index (χ0) is 17.1. The minimum absolute atomic E-state index is 0.154. The highest BCUT2D eigenvalue weighted by atomic mass is 16.6. The fourth-order valence-corrected chi connectivity index (χ4v) is 3.68. The van der Waals surface area contributed by atoms with E-state index < -0.39 is 5.60 Å². The van der Waals surface area contributed by atoms with Crippen molar-refractivity contribution < 1.29 is 9.53 Å². The molecule has 2 atom stereocenters. The molecule has 0 aromatic heterocycles. The molecule has 1 aliphatic heterocycles. The van der Waals surface area contributed by atoms with E-state index in [4.69, 9.17) is 4.74 Å². The predicted molar refractivity (Wildman–Crippen MR) is 94.6 cm³/mol. The van der Waals surface area contributed by atoms with Crippen molar-refractivity contribution >= 4 is 6.09 Å². The SMILES string of the molecule is CCCC1(CNC(C)C2CCCN(C(=O)OC(C)(C)C)C2)CC1. The van der Waals surface area contributed by atoms with Gasteiger partial charge in [-0.1, -0.05) is 13.3 Å². The molecule has 4 heteroatoms. The van der Waals surface area contributed by atoms with Gasteiger partial charge < -0.3 is 15.0 Å². The van der Waals surface area contributed by atoms with Crippen molar-refractivity contribution in [3.8, 4) is 0 Å². The number of likely N-dealkylation sites (tertiary alicyclic amines) is 1. The van der Waals surface area contributed by atoms with Gasteiger partial charge in [-0.2, -0.15) is 0 Å². The Morgan fingerprint density at radius 1 is 1.39 bits per heavy atom. The van der Waals surface area contributed by atoms with Crippen LogP contribution in [0.25, 0.3) is 0 Å². The van der Waals surface area contributed by atoms with Crippen LogP contribution in [0.5, 0.6) is 0 Å². The number of hydrogen-bond acceptors (Lipinski definition) is 3. The average Bonchev–Trinajstić information content (AvgIpc) is 3.24. The van der Waals surface area contributed by atoms with Gasteiger partial charge in [0, 0.05) is 25.7 Å². The van der Waals surface area contributed by atoms with E-state index in [0.717, 1.165) is 26.1 Å². The maximum atomic E-state index is 12.3. The molecule has 0 bridgehead atoms. The summed E-state index contributed by atoms with van der Waals surface area (Å²) in [5, 5.41) is 3.77. The lowest BCUT2D eigenvalue weighted by Crippen LogP contribution is -2.48. The summed E-state index contributed by atoms with van der Waals surface area (Å²) in [5.74, 6) is 0.536. The van der Waals surface area contributed by atoms with Crippen molar-refractivity contribution in [2.45, 2.75) is 84.8 Å². The fourth-order valence-electron chi connectivity index (χ4n) is 3.68. The molecule has 1 saturated heterocycles. The van der Waals surface area contributed by atoms with Crippen molar-refractivity contribution in [1.82, 2.24) is 10.2 Å². The summed E-state index contributed by atoms with van der Waals surface area (Å²) >= 11 is 0. The summed E-state index contributed by atoms with van der Waals surface area (Å²) in [6.45, 7) is 13.2. The summed E-state index contributed by atoms with van der Waals surface area (Å²) < 4.78 is 5.53. The van der Waals surface area contributed by atoms with E-state index in [1.54, 1.807) is 0 Å². The molecule has 0 aromatic rings. The van der Waals surface area contributed by atoms with Crippen molar-refractivity contribution in [1.29, 1.82) is 0 Å². The zero-order valence-corrected chi connectivity index (χ0v) is 15.8. The van der Waals surface area contributed by atoms with Crippen LogP contribution < -0.4 is 5.32 Å². The fraction of sp³-hybridized carbons (Fsp3) is 0.947. The molecule has 2 fully saturated rings. The number of rotatable bonds is 6. The number of carbonyl (C=O) groups is 1. The van der Waals surface area contributed by atoms with Gasteiger partial charge in [-0.05, 0) is 71.1 Å². The van der Waals surface area contributed by atoms with Gasteiger partial charge >= 0.3 is 6.09 Å². The van der Waals surface area contributed by atoms with E-state index in [2.05, 4.69) is 19.2 Å². The van der Waals surface area contributed by atoms with Crippen LogP contribution >= 0.6 is 0 Å². The van der Waals surface area contributed by atoms with E-state index in [1.165, 1.54) is 32.1 Å². The maximum absolute atomic E-state index is 12.3. The van der Waals surface area contributed by atoms with Gasteiger partial charge in [0.25, 0.3) is 0 Å². The lowest BCUT2D eigenvalue weighted by molar-refractivity contribution is 0.0147. The third kappa shape index (κ3) is 5.66. The van der Waals surface area contributed by atoms with Crippen molar-refractivity contribution in [3.05, 3.63) is 0 Å². The van der Waals surface area contributed by atoms with Crippen molar-refractivity contribution in [2.75, 3.05) is 19.6 Å². The summed E-state index contributed by atoms with van der Waals surface area (Å²) in [4.78, 5) is 14.2. The number of nitrogens with one attached hydrogen (secondary N) is 1. The van der Waals surface area contributed by atoms with Crippen LogP contribution in [0.3, 0.4) is 0 Å². The number of amides is 1. The number of carbonyl (C=O) groups excluding carboxylic acids is 1. The van der Waals surface area contributed by atoms with Crippen LogP contribution in [0.4, 0.5) is 4.79 Å². The molecule has 1 aliphatic carbocycles. The summed E-state index contributed by atoms with van der Waals surface area (Å²) in [5.41, 5.74) is 0.176. The third-order valence-corrected chi connectivity index (χ3v) is 5.35. The monoisotopic (exact) mass is 324 g/mol. The first-order valence-corrected chi connectivity index (χ1v) is 9.46. The Balaban J connectivity index is 1.79. The average molecular weight is 325 g/mol. The Hall–Kier alpha value is -0.770. The number of piperidine rings is 1. The number of hydrogen-bond donors (Lipinski definition) is 1. The van der Waals surface area contributed by atoms with Gasteiger partial charge in [0.15, 0.2) is 0 Å². The quantitative estimate of drug-likeness (QED) is 0.796. The second kappa shape index (κ2) is 7.42. The highest BCUT2D eigenvalue weighted by molar-refractivity contribution is 5.68. The summed E-state index contributed by atoms with van der Waals surface area (Å²) in [6, 6.07) is 0.467. The van der Waals surface area contributed by atoms with Gasteiger partial charge in [-0.3, -0.25) is 0 Å². The van der Waals surface area contributed by atoms with Gasteiger partial charge in [0.2, 0.25) is 0 Å². The molecule has 0 spiro atoms. The molecule has 0 aromatic carbocycles. The molecule has 134 valence electrons. The van der Waals surface area contributed by atoms with Crippen LogP contribution in [-0.4, -0.2) is 42.3 Å². The number of nitrogens with zero attached hydrogens (tertiary/aromatic N) is 1. The van der Waals surface area contributed by atoms with E-state index in [1.807, 2.05) is 25.7 Å². The molecule has 1 saturated carbocycles. The lowest BCUT2D eigenvalue weighted by Gasteiger charge is -2.37. The van der Waals surface area contributed by atoms with Crippen LogP contribution in [-0.2, 0) is 4.74 Å².